The van der Waals surface area contributed by atoms with Crippen LogP contribution in [0.25, 0.3) is 10.9 Å². The summed E-state index contributed by atoms with van der Waals surface area (Å²) in [6.45, 7) is 1.83. The first-order valence-electron chi connectivity index (χ1n) is 10.0. The molecule has 0 spiro atoms. The summed E-state index contributed by atoms with van der Waals surface area (Å²) in [5.74, 6) is 0.174. The fourth-order valence-corrected chi connectivity index (χ4v) is 4.63. The summed E-state index contributed by atoms with van der Waals surface area (Å²) in [6, 6.07) is 6.31. The zero-order valence-corrected chi connectivity index (χ0v) is 17.2. The Morgan fingerprint density at radius 1 is 1.19 bits per heavy atom. The van der Waals surface area contributed by atoms with Crippen LogP contribution in [0.2, 0.25) is 5.02 Å². The Labute approximate surface area is 181 Å². The van der Waals surface area contributed by atoms with Gasteiger partial charge < -0.3 is 19.4 Å². The third-order valence-corrected chi connectivity index (χ3v) is 6.07. The summed E-state index contributed by atoms with van der Waals surface area (Å²) in [7, 11) is 0. The molecular formula is C21H20ClF3N4O2. The first-order chi connectivity index (χ1) is 14.9. The molecular weight excluding hydrogens is 433 g/mol. The summed E-state index contributed by atoms with van der Waals surface area (Å²) < 4.78 is 50.7. The number of benzene rings is 1. The minimum Gasteiger partial charge on any atom is -0.356 e. The van der Waals surface area contributed by atoms with E-state index < -0.39 is 11.9 Å². The third kappa shape index (κ3) is 3.97. The molecule has 0 radical (unpaired) electrons. The van der Waals surface area contributed by atoms with Gasteiger partial charge in [-0.25, -0.2) is 9.97 Å². The van der Waals surface area contributed by atoms with Gasteiger partial charge in [-0.2, -0.15) is 13.2 Å². The molecule has 6 nitrogen and oxygen atoms in total. The largest absolute Gasteiger partial charge is 0.433 e. The van der Waals surface area contributed by atoms with Gasteiger partial charge in [-0.15, -0.1) is 0 Å². The number of H-pyrrole nitrogens is 1. The number of ether oxygens (including phenoxy) is 2. The van der Waals surface area contributed by atoms with Crippen LogP contribution < -0.4 is 4.90 Å². The Kier molecular flexibility index (Phi) is 5.27. The number of anilines is 1. The van der Waals surface area contributed by atoms with E-state index in [0.29, 0.717) is 37.6 Å². The Bertz CT molecular complexity index is 1100. The Morgan fingerprint density at radius 3 is 2.77 bits per heavy atom. The maximum Gasteiger partial charge on any atom is 0.433 e. The van der Waals surface area contributed by atoms with Crippen molar-refractivity contribution in [2.75, 3.05) is 31.5 Å². The van der Waals surface area contributed by atoms with Gasteiger partial charge in [-0.1, -0.05) is 11.6 Å². The van der Waals surface area contributed by atoms with Gasteiger partial charge in [0.25, 0.3) is 0 Å². The molecule has 1 N–H and O–H groups in total. The second-order valence-electron chi connectivity index (χ2n) is 7.87. The highest BCUT2D eigenvalue weighted by Gasteiger charge is 2.37. The van der Waals surface area contributed by atoms with E-state index in [1.165, 1.54) is 0 Å². The standard InChI is InChI=1S/C21H20ClF3N4O2/c22-13-1-2-16-15(8-13)14-4-6-29(20-26-5-3-18(28-20)21(23,24)25)17(19(14)27-16)7-12-9-30-11-31-10-12/h1-3,5,8,12,17,27H,4,6-7,9-11H2/t17-/m0/s1. The predicted molar refractivity (Wildman–Crippen MR) is 109 cm³/mol. The summed E-state index contributed by atoms with van der Waals surface area (Å²) in [5.41, 5.74) is 2.08. The van der Waals surface area contributed by atoms with E-state index in [1.54, 1.807) is 0 Å². The van der Waals surface area contributed by atoms with Crippen LogP contribution >= 0.6 is 11.6 Å². The minimum absolute atomic E-state index is 0.0693. The van der Waals surface area contributed by atoms with E-state index in [9.17, 15) is 13.2 Å². The number of alkyl halides is 3. The Morgan fingerprint density at radius 2 is 2.00 bits per heavy atom. The van der Waals surface area contributed by atoms with Gasteiger partial charge in [-0.05, 0) is 42.7 Å². The lowest BCUT2D eigenvalue weighted by Gasteiger charge is -2.38. The molecule has 1 fully saturated rings. The monoisotopic (exact) mass is 452 g/mol. The molecule has 0 aliphatic carbocycles. The van der Waals surface area contributed by atoms with E-state index in [0.717, 1.165) is 34.4 Å². The average molecular weight is 453 g/mol. The number of nitrogens with one attached hydrogen (secondary N) is 1. The molecule has 0 amide bonds. The lowest BCUT2D eigenvalue weighted by Crippen LogP contribution is -2.39. The number of nitrogens with zero attached hydrogens (tertiary/aromatic N) is 3. The lowest BCUT2D eigenvalue weighted by molar-refractivity contribution is -0.141. The van der Waals surface area contributed by atoms with Crippen LogP contribution in [0.4, 0.5) is 19.1 Å². The second kappa shape index (κ2) is 7.96. The maximum atomic E-state index is 13.3. The van der Waals surface area contributed by atoms with E-state index >= 15 is 0 Å². The molecule has 5 rings (SSSR count). The van der Waals surface area contributed by atoms with E-state index in [-0.39, 0.29) is 24.7 Å². The molecule has 164 valence electrons. The van der Waals surface area contributed by atoms with Crippen molar-refractivity contribution >= 4 is 28.5 Å². The minimum atomic E-state index is -4.53. The number of hydrogen-bond acceptors (Lipinski definition) is 5. The molecule has 4 heterocycles. The topological polar surface area (TPSA) is 63.3 Å². The van der Waals surface area contributed by atoms with Gasteiger partial charge >= 0.3 is 6.18 Å². The summed E-state index contributed by atoms with van der Waals surface area (Å²) in [6.07, 6.45) is -2.09. The van der Waals surface area contributed by atoms with Crippen molar-refractivity contribution in [3.63, 3.8) is 0 Å². The highest BCUT2D eigenvalue weighted by atomic mass is 35.5. The van der Waals surface area contributed by atoms with E-state index in [1.807, 2.05) is 23.1 Å². The normalized spacial score (nSPS) is 20.3. The summed E-state index contributed by atoms with van der Waals surface area (Å²) in [4.78, 5) is 13.3. The maximum absolute atomic E-state index is 13.3. The van der Waals surface area contributed by atoms with Crippen molar-refractivity contribution in [3.8, 4) is 0 Å². The zero-order valence-electron chi connectivity index (χ0n) is 16.5. The van der Waals surface area contributed by atoms with Crippen molar-refractivity contribution in [2.24, 2.45) is 5.92 Å². The predicted octanol–water partition coefficient (Wildman–Crippen LogP) is 4.74. The van der Waals surface area contributed by atoms with Crippen LogP contribution in [0.1, 0.15) is 29.4 Å². The second-order valence-corrected chi connectivity index (χ2v) is 8.30. The van der Waals surface area contributed by atoms with Gasteiger partial charge in [-0.3, -0.25) is 0 Å². The van der Waals surface area contributed by atoms with Crippen LogP contribution in [0.3, 0.4) is 0 Å². The summed E-state index contributed by atoms with van der Waals surface area (Å²) >= 11 is 6.21. The van der Waals surface area contributed by atoms with Crippen LogP contribution in [-0.4, -0.2) is 41.5 Å². The SMILES string of the molecule is FC(F)(F)c1ccnc(N2CCc3c([nH]c4ccc(Cl)cc34)[C@@H]2CC2COCOC2)n1. The van der Waals surface area contributed by atoms with Gasteiger partial charge in [0.15, 0.2) is 0 Å². The quantitative estimate of drug-likeness (QED) is 0.621. The van der Waals surface area contributed by atoms with Crippen molar-refractivity contribution < 1.29 is 22.6 Å². The van der Waals surface area contributed by atoms with E-state index in [4.69, 9.17) is 21.1 Å². The number of halogens is 4. The fraction of sp³-hybridized carbons (Fsp3) is 0.429. The highest BCUT2D eigenvalue weighted by Crippen LogP contribution is 2.40. The van der Waals surface area contributed by atoms with Crippen molar-refractivity contribution in [2.45, 2.75) is 25.1 Å². The van der Waals surface area contributed by atoms with Gasteiger partial charge in [0.1, 0.15) is 12.5 Å². The highest BCUT2D eigenvalue weighted by molar-refractivity contribution is 6.31. The molecule has 0 saturated carbocycles. The number of hydrogen-bond donors (Lipinski definition) is 1. The van der Waals surface area contributed by atoms with Crippen LogP contribution in [0, 0.1) is 5.92 Å². The molecule has 1 saturated heterocycles. The number of rotatable bonds is 3. The number of aromatic amines is 1. The van der Waals surface area contributed by atoms with Gasteiger partial charge in [0.2, 0.25) is 5.95 Å². The smallest absolute Gasteiger partial charge is 0.356 e. The lowest BCUT2D eigenvalue weighted by atomic mass is 9.91. The molecule has 0 bridgehead atoms. The first-order valence-corrected chi connectivity index (χ1v) is 10.4. The Balaban J connectivity index is 1.57. The molecule has 3 aromatic rings. The Hall–Kier alpha value is -2.36. The summed E-state index contributed by atoms with van der Waals surface area (Å²) in [5, 5.41) is 1.68. The van der Waals surface area contributed by atoms with Gasteiger partial charge in [0.05, 0.1) is 19.3 Å². The molecule has 2 aliphatic heterocycles. The molecule has 0 unspecified atom stereocenters. The molecule has 1 aromatic carbocycles. The zero-order chi connectivity index (χ0) is 21.6. The van der Waals surface area contributed by atoms with E-state index in [2.05, 4.69) is 15.0 Å². The van der Waals surface area contributed by atoms with Crippen molar-refractivity contribution in [3.05, 3.63) is 52.4 Å². The van der Waals surface area contributed by atoms with Crippen molar-refractivity contribution in [1.82, 2.24) is 15.0 Å². The molecule has 31 heavy (non-hydrogen) atoms. The molecule has 10 heteroatoms. The van der Waals surface area contributed by atoms with Crippen LogP contribution in [0.5, 0.6) is 0 Å². The molecule has 1 atom stereocenters. The first kappa shape index (κ1) is 20.5. The molecule has 2 aromatic heterocycles. The van der Waals surface area contributed by atoms with Gasteiger partial charge in [0, 0.05) is 40.3 Å². The number of fused-ring (bicyclic) bond motifs is 3. The van der Waals surface area contributed by atoms with Crippen LogP contribution in [0.15, 0.2) is 30.5 Å². The average Bonchev–Trinajstić information content (AvgIpc) is 3.12. The number of aromatic nitrogens is 3. The van der Waals surface area contributed by atoms with Crippen molar-refractivity contribution in [1.29, 1.82) is 0 Å². The fourth-order valence-electron chi connectivity index (χ4n) is 4.46. The molecule has 2 aliphatic rings. The van der Waals surface area contributed by atoms with Crippen LogP contribution in [-0.2, 0) is 22.1 Å². The third-order valence-electron chi connectivity index (χ3n) is 5.83.